The monoisotopic (exact) mass is 261 g/mol. The van der Waals surface area contributed by atoms with E-state index in [1.165, 1.54) is 4.88 Å². The zero-order valence-corrected chi connectivity index (χ0v) is 12.1. The van der Waals surface area contributed by atoms with Crippen molar-refractivity contribution in [2.45, 2.75) is 33.7 Å². The van der Waals surface area contributed by atoms with Crippen LogP contribution in [0.1, 0.15) is 34.1 Å². The van der Waals surface area contributed by atoms with E-state index in [-0.39, 0.29) is 6.04 Å². The Kier molecular flexibility index (Phi) is 3.57. The summed E-state index contributed by atoms with van der Waals surface area (Å²) in [7, 11) is 0. The van der Waals surface area contributed by atoms with Crippen molar-refractivity contribution >= 4 is 22.7 Å². The third-order valence-corrected chi connectivity index (χ3v) is 4.25. The van der Waals surface area contributed by atoms with Crippen molar-refractivity contribution in [1.29, 1.82) is 0 Å². The van der Waals surface area contributed by atoms with E-state index in [1.807, 2.05) is 26.0 Å². The summed E-state index contributed by atoms with van der Waals surface area (Å²) >= 11 is 1.74. The summed E-state index contributed by atoms with van der Waals surface area (Å²) in [5.41, 5.74) is 10.0. The van der Waals surface area contributed by atoms with Crippen molar-refractivity contribution in [2.24, 2.45) is 0 Å². The number of nitrogens with two attached hydrogens (primary N) is 1. The van der Waals surface area contributed by atoms with Gasteiger partial charge in [-0.2, -0.15) is 0 Å². The highest BCUT2D eigenvalue weighted by atomic mass is 32.1. The Morgan fingerprint density at radius 1 is 1.28 bits per heavy atom. The number of hydrogen-bond donors (Lipinski definition) is 2. The van der Waals surface area contributed by atoms with Crippen LogP contribution in [0.4, 0.5) is 11.4 Å². The Bertz CT molecular complexity index is 560. The first-order chi connectivity index (χ1) is 8.47. The van der Waals surface area contributed by atoms with Gasteiger partial charge in [-0.3, -0.25) is 0 Å². The molecular formula is C14H19N3S. The molecule has 0 aliphatic rings. The molecule has 1 aromatic heterocycles. The van der Waals surface area contributed by atoms with Gasteiger partial charge in [0.05, 0.1) is 16.7 Å². The maximum atomic E-state index is 5.92. The van der Waals surface area contributed by atoms with E-state index in [0.717, 1.165) is 27.6 Å². The predicted octanol–water partition coefficient (Wildman–Crippen LogP) is 3.82. The lowest BCUT2D eigenvalue weighted by Crippen LogP contribution is -2.06. The fraction of sp³-hybridized carbons (Fsp3) is 0.357. The molecule has 0 saturated heterocycles. The van der Waals surface area contributed by atoms with Crippen LogP contribution in [-0.2, 0) is 0 Å². The van der Waals surface area contributed by atoms with Gasteiger partial charge in [0.15, 0.2) is 0 Å². The predicted molar refractivity (Wildman–Crippen MR) is 79.2 cm³/mol. The molecule has 18 heavy (non-hydrogen) atoms. The normalized spacial score (nSPS) is 12.4. The lowest BCUT2D eigenvalue weighted by molar-refractivity contribution is 0.890. The third-order valence-electron chi connectivity index (χ3n) is 3.00. The molecule has 2 rings (SSSR count). The van der Waals surface area contributed by atoms with Gasteiger partial charge in [-0.15, -0.1) is 11.3 Å². The quantitative estimate of drug-likeness (QED) is 0.826. The summed E-state index contributed by atoms with van der Waals surface area (Å²) in [6.07, 6.45) is 0. The molecule has 3 N–H and O–H groups in total. The van der Waals surface area contributed by atoms with Crippen molar-refractivity contribution in [3.8, 4) is 0 Å². The average Bonchev–Trinajstić information content (AvgIpc) is 2.63. The molecule has 0 aliphatic carbocycles. The Morgan fingerprint density at radius 2 is 2.00 bits per heavy atom. The van der Waals surface area contributed by atoms with Crippen molar-refractivity contribution < 1.29 is 0 Å². The fourth-order valence-corrected chi connectivity index (χ4v) is 2.92. The smallest absolute Gasteiger partial charge is 0.0900 e. The van der Waals surface area contributed by atoms with E-state index in [4.69, 9.17) is 5.73 Å². The minimum absolute atomic E-state index is 0.248. The molecule has 0 amide bonds. The van der Waals surface area contributed by atoms with Gasteiger partial charge in [0.1, 0.15) is 0 Å². The van der Waals surface area contributed by atoms with Crippen molar-refractivity contribution in [1.82, 2.24) is 4.98 Å². The van der Waals surface area contributed by atoms with Gasteiger partial charge in [0.2, 0.25) is 0 Å². The van der Waals surface area contributed by atoms with E-state index >= 15 is 0 Å². The first kappa shape index (κ1) is 12.9. The molecule has 4 heteroatoms. The van der Waals surface area contributed by atoms with Gasteiger partial charge in [-0.25, -0.2) is 4.98 Å². The number of anilines is 2. The van der Waals surface area contributed by atoms with Crippen molar-refractivity contribution in [3.63, 3.8) is 0 Å². The number of benzene rings is 1. The van der Waals surface area contributed by atoms with Crippen LogP contribution in [0.2, 0.25) is 0 Å². The summed E-state index contributed by atoms with van der Waals surface area (Å²) in [4.78, 5) is 5.74. The van der Waals surface area contributed by atoms with Crippen LogP contribution in [0.5, 0.6) is 0 Å². The topological polar surface area (TPSA) is 50.9 Å². The summed E-state index contributed by atoms with van der Waals surface area (Å²) in [5, 5.41) is 4.58. The number of rotatable bonds is 3. The zero-order valence-electron chi connectivity index (χ0n) is 11.2. The van der Waals surface area contributed by atoms with E-state index in [1.54, 1.807) is 11.3 Å². The molecule has 1 aromatic carbocycles. The summed E-state index contributed by atoms with van der Waals surface area (Å²) < 4.78 is 0. The van der Waals surface area contributed by atoms with Crippen LogP contribution in [0.3, 0.4) is 0 Å². The Balaban J connectivity index is 2.18. The molecule has 3 nitrogen and oxygen atoms in total. The van der Waals surface area contributed by atoms with E-state index in [9.17, 15) is 0 Å². The van der Waals surface area contributed by atoms with Gasteiger partial charge < -0.3 is 11.1 Å². The first-order valence-electron chi connectivity index (χ1n) is 6.04. The second-order valence-corrected chi connectivity index (χ2v) is 5.85. The van der Waals surface area contributed by atoms with Gasteiger partial charge >= 0.3 is 0 Å². The second kappa shape index (κ2) is 4.98. The van der Waals surface area contributed by atoms with Crippen LogP contribution in [0.15, 0.2) is 18.2 Å². The van der Waals surface area contributed by atoms with E-state index in [2.05, 4.69) is 30.2 Å². The average molecular weight is 261 g/mol. The number of thiazole rings is 1. The number of hydrogen-bond acceptors (Lipinski definition) is 4. The van der Waals surface area contributed by atoms with Gasteiger partial charge in [0, 0.05) is 16.3 Å². The molecule has 1 unspecified atom stereocenters. The summed E-state index contributed by atoms with van der Waals surface area (Å²) in [6, 6.07) is 6.33. The highest BCUT2D eigenvalue weighted by molar-refractivity contribution is 7.11. The van der Waals surface area contributed by atoms with E-state index in [0.29, 0.717) is 0 Å². The Labute approximate surface area is 112 Å². The molecule has 1 atom stereocenters. The van der Waals surface area contributed by atoms with E-state index < -0.39 is 0 Å². The standard InChI is InChI=1S/C14H19N3S/c1-8-5-6-12(7-13(8)15)17-10(3)14-9(2)16-11(4)18-14/h5-7,10,17H,15H2,1-4H3. The van der Waals surface area contributed by atoms with Gasteiger partial charge in [0.25, 0.3) is 0 Å². The number of nitrogens with one attached hydrogen (secondary N) is 1. The largest absolute Gasteiger partial charge is 0.398 e. The molecule has 0 spiro atoms. The van der Waals surface area contributed by atoms with Crippen LogP contribution >= 0.6 is 11.3 Å². The molecule has 1 heterocycles. The molecule has 0 aliphatic heterocycles. The number of aromatic nitrogens is 1. The molecule has 0 saturated carbocycles. The molecule has 96 valence electrons. The SMILES string of the molecule is Cc1nc(C)c(C(C)Nc2ccc(C)c(N)c2)s1. The molecule has 0 radical (unpaired) electrons. The lowest BCUT2D eigenvalue weighted by atomic mass is 10.1. The number of nitrogens with zero attached hydrogens (tertiary/aromatic N) is 1. The minimum atomic E-state index is 0.248. The van der Waals surface area contributed by atoms with Gasteiger partial charge in [-0.1, -0.05) is 6.07 Å². The maximum Gasteiger partial charge on any atom is 0.0900 e. The first-order valence-corrected chi connectivity index (χ1v) is 6.85. The molecule has 2 aromatic rings. The Hall–Kier alpha value is -1.55. The summed E-state index contributed by atoms with van der Waals surface area (Å²) in [5.74, 6) is 0. The highest BCUT2D eigenvalue weighted by Gasteiger charge is 2.12. The second-order valence-electron chi connectivity index (χ2n) is 4.62. The molecular weight excluding hydrogens is 242 g/mol. The fourth-order valence-electron chi connectivity index (χ4n) is 1.99. The summed E-state index contributed by atoms with van der Waals surface area (Å²) in [6.45, 7) is 8.26. The molecule has 0 fully saturated rings. The third kappa shape index (κ3) is 2.64. The van der Waals surface area contributed by atoms with Gasteiger partial charge in [-0.05, 0) is 45.4 Å². The van der Waals surface area contributed by atoms with Crippen molar-refractivity contribution in [2.75, 3.05) is 11.1 Å². The lowest BCUT2D eigenvalue weighted by Gasteiger charge is -2.15. The zero-order chi connectivity index (χ0) is 13.3. The van der Waals surface area contributed by atoms with Crippen LogP contribution in [0, 0.1) is 20.8 Å². The van der Waals surface area contributed by atoms with Crippen LogP contribution < -0.4 is 11.1 Å². The van der Waals surface area contributed by atoms with Crippen LogP contribution in [0.25, 0.3) is 0 Å². The van der Waals surface area contributed by atoms with Crippen molar-refractivity contribution in [3.05, 3.63) is 39.3 Å². The highest BCUT2D eigenvalue weighted by Crippen LogP contribution is 2.28. The number of nitrogen functional groups attached to an aromatic ring is 1. The minimum Gasteiger partial charge on any atom is -0.398 e. The maximum absolute atomic E-state index is 5.92. The molecule has 0 bridgehead atoms. The van der Waals surface area contributed by atoms with Crippen LogP contribution in [-0.4, -0.2) is 4.98 Å². The Morgan fingerprint density at radius 3 is 2.56 bits per heavy atom. The number of aryl methyl sites for hydroxylation is 3.